The lowest BCUT2D eigenvalue weighted by atomic mass is 10.1. The first-order chi connectivity index (χ1) is 11.7. The van der Waals surface area contributed by atoms with Crippen molar-refractivity contribution in [2.45, 2.75) is 13.3 Å². The third kappa shape index (κ3) is 3.31. The number of carbonyl (C=O) groups is 2. The zero-order valence-corrected chi connectivity index (χ0v) is 14.2. The van der Waals surface area contributed by atoms with Gasteiger partial charge in [-0.05, 0) is 37.3 Å². The number of benzene rings is 1. The van der Waals surface area contributed by atoms with Gasteiger partial charge in [0.2, 0.25) is 0 Å². The summed E-state index contributed by atoms with van der Waals surface area (Å²) in [7, 11) is -4.04. The molecule has 0 spiro atoms. The summed E-state index contributed by atoms with van der Waals surface area (Å²) in [4.78, 5) is 23.3. The van der Waals surface area contributed by atoms with Crippen LogP contribution in [0.2, 0.25) is 0 Å². The number of carboxylic acids is 1. The van der Waals surface area contributed by atoms with E-state index in [1.54, 1.807) is 0 Å². The zero-order valence-electron chi connectivity index (χ0n) is 13.4. The van der Waals surface area contributed by atoms with E-state index in [1.807, 2.05) is 4.72 Å². The summed E-state index contributed by atoms with van der Waals surface area (Å²) in [5, 5.41) is 8.95. The Morgan fingerprint density at radius 3 is 2.48 bits per heavy atom. The number of hydrogen-bond acceptors (Lipinski definition) is 5. The van der Waals surface area contributed by atoms with Crippen molar-refractivity contribution in [2.75, 3.05) is 19.7 Å². The van der Waals surface area contributed by atoms with Crippen LogP contribution < -0.4 is 9.46 Å². The second kappa shape index (κ2) is 6.26. The van der Waals surface area contributed by atoms with Crippen LogP contribution in [0.4, 0.5) is 4.39 Å². The number of hydrogen-bond donors (Lipinski definition) is 2. The molecule has 136 valence electrons. The molecule has 1 aliphatic carbocycles. The number of piperidine rings is 1. The standard InChI is InChI=1S/C15H17FN2O6S/c1-2-24-13-11(4-3-10(12(13)16)15(20)21)14(19)17-25(22,23)18-6-8-5-9(8)7-18/h3-4,8-9H,2,5-7H2,1H3,(H,17,19)(H,20,21). The molecular weight excluding hydrogens is 355 g/mol. The lowest BCUT2D eigenvalue weighted by molar-refractivity contribution is 0.0689. The first kappa shape index (κ1) is 17.6. The molecule has 2 atom stereocenters. The smallest absolute Gasteiger partial charge is 0.338 e. The van der Waals surface area contributed by atoms with Gasteiger partial charge in [-0.2, -0.15) is 12.7 Å². The second-order valence-electron chi connectivity index (χ2n) is 6.05. The van der Waals surface area contributed by atoms with Crippen molar-refractivity contribution in [1.82, 2.24) is 9.03 Å². The number of ether oxygens (including phenoxy) is 1. The number of aromatic carboxylic acids is 1. The van der Waals surface area contributed by atoms with Gasteiger partial charge < -0.3 is 9.84 Å². The molecule has 2 N–H and O–H groups in total. The highest BCUT2D eigenvalue weighted by atomic mass is 32.2. The van der Waals surface area contributed by atoms with Crippen LogP contribution in [-0.4, -0.2) is 49.4 Å². The molecule has 0 aromatic heterocycles. The molecule has 1 aromatic rings. The van der Waals surface area contributed by atoms with E-state index in [0.29, 0.717) is 24.9 Å². The van der Waals surface area contributed by atoms with Crippen molar-refractivity contribution in [3.05, 3.63) is 29.1 Å². The summed E-state index contributed by atoms with van der Waals surface area (Å²) in [5.74, 6) is -3.70. The van der Waals surface area contributed by atoms with Gasteiger partial charge >= 0.3 is 16.2 Å². The van der Waals surface area contributed by atoms with Gasteiger partial charge in [0.25, 0.3) is 5.91 Å². The second-order valence-corrected chi connectivity index (χ2v) is 7.72. The molecule has 1 saturated carbocycles. The molecule has 10 heteroatoms. The van der Waals surface area contributed by atoms with Crippen molar-refractivity contribution >= 4 is 22.1 Å². The Morgan fingerprint density at radius 2 is 1.92 bits per heavy atom. The molecule has 0 bridgehead atoms. The largest absolute Gasteiger partial charge is 0.490 e. The van der Waals surface area contributed by atoms with Gasteiger partial charge in [0.15, 0.2) is 11.6 Å². The molecule has 0 radical (unpaired) electrons. The third-order valence-electron chi connectivity index (χ3n) is 4.37. The molecule has 2 unspecified atom stereocenters. The Kier molecular flexibility index (Phi) is 4.41. The number of fused-ring (bicyclic) bond motifs is 1. The van der Waals surface area contributed by atoms with Crippen LogP contribution in [0, 0.1) is 17.7 Å². The molecule has 1 amide bonds. The molecule has 1 saturated heterocycles. The molecule has 1 aromatic carbocycles. The summed E-state index contributed by atoms with van der Waals surface area (Å²) in [6.45, 7) is 2.22. The number of nitrogens with one attached hydrogen (secondary N) is 1. The van der Waals surface area contributed by atoms with E-state index in [2.05, 4.69) is 0 Å². The van der Waals surface area contributed by atoms with Crippen LogP contribution in [0.15, 0.2) is 12.1 Å². The Labute approximate surface area is 143 Å². The lowest BCUT2D eigenvalue weighted by Crippen LogP contribution is -2.43. The summed E-state index contributed by atoms with van der Waals surface area (Å²) < 4.78 is 46.9. The van der Waals surface area contributed by atoms with Gasteiger partial charge in [-0.3, -0.25) is 4.79 Å². The van der Waals surface area contributed by atoms with Gasteiger partial charge in [-0.25, -0.2) is 13.9 Å². The zero-order chi connectivity index (χ0) is 18.4. The molecule has 3 rings (SSSR count). The predicted octanol–water partition coefficient (Wildman–Crippen LogP) is 0.849. The molecular formula is C15H17FN2O6S. The first-order valence-electron chi connectivity index (χ1n) is 7.75. The number of nitrogens with zero attached hydrogens (tertiary/aromatic N) is 1. The van der Waals surface area contributed by atoms with Crippen molar-refractivity contribution in [3.8, 4) is 5.75 Å². The highest BCUT2D eigenvalue weighted by Crippen LogP contribution is 2.45. The SMILES string of the molecule is CCOc1c(C(=O)NS(=O)(=O)N2CC3CC3C2)ccc(C(=O)O)c1F. The fourth-order valence-electron chi connectivity index (χ4n) is 2.97. The van der Waals surface area contributed by atoms with E-state index in [1.165, 1.54) is 11.2 Å². The van der Waals surface area contributed by atoms with Crippen molar-refractivity contribution in [2.24, 2.45) is 11.8 Å². The van der Waals surface area contributed by atoms with Crippen molar-refractivity contribution in [1.29, 1.82) is 0 Å². The summed E-state index contributed by atoms with van der Waals surface area (Å²) >= 11 is 0. The highest BCUT2D eigenvalue weighted by molar-refractivity contribution is 7.87. The number of rotatable bonds is 6. The summed E-state index contributed by atoms with van der Waals surface area (Å²) in [6, 6.07) is 1.93. The van der Waals surface area contributed by atoms with Gasteiger partial charge in [0.05, 0.1) is 17.7 Å². The Morgan fingerprint density at radius 1 is 1.32 bits per heavy atom. The van der Waals surface area contributed by atoms with Crippen molar-refractivity contribution in [3.63, 3.8) is 0 Å². The minimum atomic E-state index is -4.04. The predicted molar refractivity (Wildman–Crippen MR) is 84.1 cm³/mol. The first-order valence-corrected chi connectivity index (χ1v) is 9.19. The maximum Gasteiger partial charge on any atom is 0.338 e. The van der Waals surface area contributed by atoms with Gasteiger partial charge in [0, 0.05) is 13.1 Å². The number of amides is 1. The maximum absolute atomic E-state index is 14.3. The lowest BCUT2D eigenvalue weighted by Gasteiger charge is -2.19. The van der Waals surface area contributed by atoms with Gasteiger partial charge in [-0.15, -0.1) is 0 Å². The van der Waals surface area contributed by atoms with E-state index < -0.39 is 39.2 Å². The Hall–Kier alpha value is -2.20. The molecule has 2 fully saturated rings. The van der Waals surface area contributed by atoms with E-state index in [4.69, 9.17) is 9.84 Å². The topological polar surface area (TPSA) is 113 Å². The number of carbonyl (C=O) groups excluding carboxylic acids is 1. The summed E-state index contributed by atoms with van der Waals surface area (Å²) in [5.41, 5.74) is -1.04. The number of halogens is 1. The van der Waals surface area contributed by atoms with Gasteiger partial charge in [-0.1, -0.05) is 0 Å². The quantitative estimate of drug-likeness (QED) is 0.765. The molecule has 2 aliphatic rings. The third-order valence-corrected chi connectivity index (χ3v) is 5.79. The molecule has 8 nitrogen and oxygen atoms in total. The fraction of sp³-hybridized carbons (Fsp3) is 0.467. The maximum atomic E-state index is 14.3. The Bertz CT molecular complexity index is 831. The minimum absolute atomic E-state index is 0.0253. The number of carboxylic acid groups (broad SMARTS) is 1. The van der Waals surface area contributed by atoms with Crippen LogP contribution >= 0.6 is 0 Å². The van der Waals surface area contributed by atoms with Gasteiger partial charge in [0.1, 0.15) is 0 Å². The summed E-state index contributed by atoms with van der Waals surface area (Å²) in [6.07, 6.45) is 0.996. The molecule has 1 heterocycles. The van der Waals surface area contributed by atoms with Crippen LogP contribution in [-0.2, 0) is 10.2 Å². The normalized spacial score (nSPS) is 22.3. The minimum Gasteiger partial charge on any atom is -0.490 e. The average Bonchev–Trinajstić information content (AvgIpc) is 3.14. The van der Waals surface area contributed by atoms with E-state index in [9.17, 15) is 22.4 Å². The van der Waals surface area contributed by atoms with Crippen LogP contribution in [0.1, 0.15) is 34.1 Å². The van der Waals surface area contributed by atoms with E-state index in [-0.39, 0.29) is 12.2 Å². The van der Waals surface area contributed by atoms with Crippen LogP contribution in [0.3, 0.4) is 0 Å². The van der Waals surface area contributed by atoms with Crippen LogP contribution in [0.25, 0.3) is 0 Å². The van der Waals surface area contributed by atoms with E-state index >= 15 is 0 Å². The molecule has 25 heavy (non-hydrogen) atoms. The molecule has 1 aliphatic heterocycles. The monoisotopic (exact) mass is 372 g/mol. The highest BCUT2D eigenvalue weighted by Gasteiger charge is 2.49. The fourth-order valence-corrected chi connectivity index (χ4v) is 4.22. The Balaban J connectivity index is 1.86. The van der Waals surface area contributed by atoms with E-state index in [0.717, 1.165) is 18.6 Å². The average molecular weight is 372 g/mol. The van der Waals surface area contributed by atoms with Crippen molar-refractivity contribution < 1.29 is 32.2 Å². The van der Waals surface area contributed by atoms with Crippen LogP contribution in [0.5, 0.6) is 5.75 Å².